The van der Waals surface area contributed by atoms with Crippen LogP contribution in [0.2, 0.25) is 0 Å². The number of rotatable bonds is 4. The Bertz CT molecular complexity index is 719. The lowest BCUT2D eigenvalue weighted by molar-refractivity contribution is -0.116. The van der Waals surface area contributed by atoms with E-state index < -0.39 is 0 Å². The summed E-state index contributed by atoms with van der Waals surface area (Å²) in [6.07, 6.45) is 2.37. The number of nitrogens with zero attached hydrogens (tertiary/aromatic N) is 2. The molecule has 1 amide bonds. The second-order valence-corrected chi connectivity index (χ2v) is 6.50. The van der Waals surface area contributed by atoms with E-state index >= 15 is 0 Å². The van der Waals surface area contributed by atoms with Crippen LogP contribution in [0.4, 0.5) is 5.82 Å². The molecule has 0 unspecified atom stereocenters. The molecule has 0 bridgehead atoms. The monoisotopic (exact) mass is 313 g/mol. The minimum atomic E-state index is -0.0267. The van der Waals surface area contributed by atoms with Gasteiger partial charge in [-0.15, -0.1) is 0 Å². The van der Waals surface area contributed by atoms with Crippen LogP contribution in [0.25, 0.3) is 0 Å². The first-order valence-electron chi connectivity index (χ1n) is 8.10. The molecule has 2 aromatic rings. The molecule has 23 heavy (non-hydrogen) atoms. The molecule has 3 rings (SSSR count). The van der Waals surface area contributed by atoms with Crippen molar-refractivity contribution in [1.82, 2.24) is 9.78 Å². The first-order chi connectivity index (χ1) is 11.0. The van der Waals surface area contributed by atoms with Crippen molar-refractivity contribution in [3.8, 4) is 5.75 Å². The summed E-state index contributed by atoms with van der Waals surface area (Å²) >= 11 is 0. The number of hydrogen-bond acceptors (Lipinski definition) is 3. The SMILES string of the molecule is CC(C)Oc1ccccc1[C@H]1CC(=O)Nc2c1cnn2C(C)C. The number of para-hydroxylation sites is 1. The van der Waals surface area contributed by atoms with Gasteiger partial charge in [0.2, 0.25) is 5.91 Å². The average molecular weight is 313 g/mol. The van der Waals surface area contributed by atoms with Crippen LogP contribution in [0.1, 0.15) is 57.2 Å². The van der Waals surface area contributed by atoms with Crippen molar-refractivity contribution in [2.75, 3.05) is 5.32 Å². The van der Waals surface area contributed by atoms with Gasteiger partial charge in [-0.2, -0.15) is 5.10 Å². The fourth-order valence-electron chi connectivity index (χ4n) is 3.04. The molecule has 5 nitrogen and oxygen atoms in total. The number of carbonyl (C=O) groups excluding carboxylic acids is 1. The predicted octanol–water partition coefficient (Wildman–Crippen LogP) is 3.73. The van der Waals surface area contributed by atoms with Crippen molar-refractivity contribution in [2.24, 2.45) is 0 Å². The third-order valence-electron chi connectivity index (χ3n) is 3.99. The molecule has 5 heteroatoms. The molecule has 2 heterocycles. The van der Waals surface area contributed by atoms with Crippen molar-refractivity contribution in [3.63, 3.8) is 0 Å². The van der Waals surface area contributed by atoms with E-state index in [9.17, 15) is 4.79 Å². The Kier molecular flexibility index (Phi) is 4.11. The predicted molar refractivity (Wildman–Crippen MR) is 89.9 cm³/mol. The number of benzene rings is 1. The Balaban J connectivity index is 2.07. The maximum absolute atomic E-state index is 12.2. The van der Waals surface area contributed by atoms with E-state index in [-0.39, 0.29) is 24.0 Å². The van der Waals surface area contributed by atoms with Gasteiger partial charge in [0, 0.05) is 29.5 Å². The lowest BCUT2D eigenvalue weighted by atomic mass is 9.87. The molecule has 1 aromatic carbocycles. The Labute approximate surface area is 136 Å². The molecule has 0 saturated carbocycles. The van der Waals surface area contributed by atoms with Gasteiger partial charge in [0.15, 0.2) is 0 Å². The van der Waals surface area contributed by atoms with E-state index in [1.165, 1.54) is 0 Å². The smallest absolute Gasteiger partial charge is 0.226 e. The van der Waals surface area contributed by atoms with E-state index in [4.69, 9.17) is 4.74 Å². The van der Waals surface area contributed by atoms with Crippen LogP contribution in [0, 0.1) is 0 Å². The molecular weight excluding hydrogens is 290 g/mol. The van der Waals surface area contributed by atoms with Gasteiger partial charge in [-0.25, -0.2) is 4.68 Å². The molecule has 1 atom stereocenters. The summed E-state index contributed by atoms with van der Waals surface area (Å²) in [5.41, 5.74) is 2.10. The summed E-state index contributed by atoms with van der Waals surface area (Å²) in [6.45, 7) is 8.12. The van der Waals surface area contributed by atoms with Gasteiger partial charge in [-0.1, -0.05) is 18.2 Å². The summed E-state index contributed by atoms with van der Waals surface area (Å²) in [7, 11) is 0. The third kappa shape index (κ3) is 2.96. The lowest BCUT2D eigenvalue weighted by Crippen LogP contribution is -2.25. The van der Waals surface area contributed by atoms with E-state index in [0.29, 0.717) is 6.42 Å². The summed E-state index contributed by atoms with van der Waals surface area (Å²) in [6, 6.07) is 8.15. The fourth-order valence-corrected chi connectivity index (χ4v) is 3.04. The van der Waals surface area contributed by atoms with Crippen LogP contribution in [0.3, 0.4) is 0 Å². The van der Waals surface area contributed by atoms with Gasteiger partial charge in [-0.3, -0.25) is 4.79 Å². The number of fused-ring (bicyclic) bond motifs is 1. The number of ether oxygens (including phenoxy) is 1. The molecule has 0 saturated heterocycles. The zero-order valence-electron chi connectivity index (χ0n) is 14.0. The van der Waals surface area contributed by atoms with E-state index in [2.05, 4.69) is 24.3 Å². The van der Waals surface area contributed by atoms with Crippen LogP contribution in [-0.4, -0.2) is 21.8 Å². The average Bonchev–Trinajstić information content (AvgIpc) is 2.90. The second-order valence-electron chi connectivity index (χ2n) is 6.50. The van der Waals surface area contributed by atoms with Crippen LogP contribution < -0.4 is 10.1 Å². The zero-order chi connectivity index (χ0) is 16.6. The maximum Gasteiger partial charge on any atom is 0.226 e. The normalized spacial score (nSPS) is 17.3. The topological polar surface area (TPSA) is 56.1 Å². The Hall–Kier alpha value is -2.30. The number of hydrogen-bond donors (Lipinski definition) is 1. The first-order valence-corrected chi connectivity index (χ1v) is 8.10. The van der Waals surface area contributed by atoms with E-state index in [1.807, 2.05) is 49.0 Å². The molecule has 1 aliphatic rings. The highest BCUT2D eigenvalue weighted by molar-refractivity contribution is 5.94. The van der Waals surface area contributed by atoms with E-state index in [1.54, 1.807) is 0 Å². The minimum absolute atomic E-state index is 0.0178. The third-order valence-corrected chi connectivity index (χ3v) is 3.99. The van der Waals surface area contributed by atoms with Gasteiger partial charge in [0.05, 0.1) is 12.3 Å². The van der Waals surface area contributed by atoms with Crippen LogP contribution in [0.15, 0.2) is 30.5 Å². The minimum Gasteiger partial charge on any atom is -0.491 e. The lowest BCUT2D eigenvalue weighted by Gasteiger charge is -2.26. The van der Waals surface area contributed by atoms with E-state index in [0.717, 1.165) is 22.7 Å². The van der Waals surface area contributed by atoms with Crippen LogP contribution in [-0.2, 0) is 4.79 Å². The number of amides is 1. The number of carbonyl (C=O) groups is 1. The van der Waals surface area contributed by atoms with Crippen LogP contribution >= 0.6 is 0 Å². The van der Waals surface area contributed by atoms with Crippen molar-refractivity contribution in [3.05, 3.63) is 41.6 Å². The molecule has 1 aromatic heterocycles. The summed E-state index contributed by atoms with van der Waals surface area (Å²) in [5, 5.41) is 7.43. The Morgan fingerprint density at radius 1 is 1.22 bits per heavy atom. The van der Waals surface area contributed by atoms with Crippen LogP contribution in [0.5, 0.6) is 5.75 Å². The quantitative estimate of drug-likeness (QED) is 0.936. The first kappa shape index (κ1) is 15.6. The summed E-state index contributed by atoms with van der Waals surface area (Å²) < 4.78 is 7.81. The highest BCUT2D eigenvalue weighted by atomic mass is 16.5. The second kappa shape index (κ2) is 6.07. The van der Waals surface area contributed by atoms with Crippen molar-refractivity contribution in [1.29, 1.82) is 0 Å². The molecule has 122 valence electrons. The van der Waals surface area contributed by atoms with Gasteiger partial charge >= 0.3 is 0 Å². The molecule has 1 aliphatic heterocycles. The molecular formula is C18H23N3O2. The highest BCUT2D eigenvalue weighted by Crippen LogP contribution is 2.41. The summed E-state index contributed by atoms with van der Waals surface area (Å²) in [5.74, 6) is 1.64. The summed E-state index contributed by atoms with van der Waals surface area (Å²) in [4.78, 5) is 12.2. The van der Waals surface area contributed by atoms with Gasteiger partial charge in [0.25, 0.3) is 0 Å². The number of aromatic nitrogens is 2. The molecule has 0 radical (unpaired) electrons. The molecule has 0 fully saturated rings. The molecule has 0 spiro atoms. The van der Waals surface area contributed by atoms with Gasteiger partial charge in [0.1, 0.15) is 11.6 Å². The Morgan fingerprint density at radius 2 is 1.96 bits per heavy atom. The van der Waals surface area contributed by atoms with Gasteiger partial charge < -0.3 is 10.1 Å². The molecule has 1 N–H and O–H groups in total. The van der Waals surface area contributed by atoms with Crippen molar-refractivity contribution < 1.29 is 9.53 Å². The zero-order valence-corrected chi connectivity index (χ0v) is 14.0. The molecule has 0 aliphatic carbocycles. The Morgan fingerprint density at radius 3 is 2.65 bits per heavy atom. The standard InChI is InChI=1S/C18H23N3O2/c1-11(2)21-18-15(10-19-21)14(9-17(22)20-18)13-7-5-6-8-16(13)23-12(3)4/h5-8,10-12,14H,9H2,1-4H3,(H,20,22)/t14-/m1/s1. The van der Waals surface area contributed by atoms with Crippen molar-refractivity contribution in [2.45, 2.75) is 52.2 Å². The number of anilines is 1. The van der Waals surface area contributed by atoms with Crippen molar-refractivity contribution >= 4 is 11.7 Å². The largest absolute Gasteiger partial charge is 0.491 e. The number of nitrogens with one attached hydrogen (secondary N) is 1. The fraction of sp³-hybridized carbons (Fsp3) is 0.444. The maximum atomic E-state index is 12.2. The highest BCUT2D eigenvalue weighted by Gasteiger charge is 2.32. The van der Waals surface area contributed by atoms with Gasteiger partial charge in [-0.05, 0) is 33.8 Å².